The molecule has 0 heterocycles. The Morgan fingerprint density at radius 2 is 2.00 bits per heavy atom. The molecule has 66 valence electrons. The summed E-state index contributed by atoms with van der Waals surface area (Å²) in [7, 11) is 1.63. The van der Waals surface area contributed by atoms with Crippen LogP contribution in [0, 0.1) is 5.92 Å². The van der Waals surface area contributed by atoms with Crippen molar-refractivity contribution >= 4 is 5.97 Å². The maximum atomic E-state index is 10.8. The molecule has 0 atom stereocenters. The van der Waals surface area contributed by atoms with Crippen molar-refractivity contribution in [2.45, 2.75) is 20.3 Å². The van der Waals surface area contributed by atoms with Gasteiger partial charge in [0.15, 0.2) is 0 Å². The minimum Gasteiger partial charge on any atom is -0.465 e. The Morgan fingerprint density at radius 1 is 1.36 bits per heavy atom. The van der Waals surface area contributed by atoms with Crippen molar-refractivity contribution in [2.24, 2.45) is 5.92 Å². The molecule has 0 aromatic carbocycles. The fourth-order valence-corrected chi connectivity index (χ4v) is 0.543. The average Bonchev–Trinajstić information content (AvgIpc) is 1.97. The maximum absolute atomic E-state index is 10.8. The molecule has 0 spiro atoms. The molecule has 0 bridgehead atoms. The summed E-state index contributed by atoms with van der Waals surface area (Å²) in [5, 5.41) is 0. The van der Waals surface area contributed by atoms with Gasteiger partial charge in [0.05, 0.1) is 12.5 Å². The van der Waals surface area contributed by atoms with Crippen LogP contribution in [-0.2, 0) is 14.3 Å². The average molecular weight is 160 g/mol. The van der Waals surface area contributed by atoms with E-state index in [0.29, 0.717) is 13.2 Å². The fourth-order valence-electron chi connectivity index (χ4n) is 0.543. The van der Waals surface area contributed by atoms with Crippen LogP contribution in [-0.4, -0.2) is 26.3 Å². The molecule has 3 nitrogen and oxygen atoms in total. The normalized spacial score (nSPS) is 10.2. The van der Waals surface area contributed by atoms with Gasteiger partial charge in [0.2, 0.25) is 0 Å². The van der Waals surface area contributed by atoms with Crippen molar-refractivity contribution in [1.82, 2.24) is 0 Å². The summed E-state index contributed by atoms with van der Waals surface area (Å²) in [4.78, 5) is 10.8. The third-order valence-corrected chi connectivity index (χ3v) is 1.21. The summed E-state index contributed by atoms with van der Waals surface area (Å²) >= 11 is 0. The zero-order valence-electron chi connectivity index (χ0n) is 7.42. The summed E-state index contributed by atoms with van der Waals surface area (Å²) in [6, 6.07) is 0. The molecule has 11 heavy (non-hydrogen) atoms. The number of rotatable bonds is 5. The highest BCUT2D eigenvalue weighted by atomic mass is 16.5. The Hall–Kier alpha value is -0.570. The predicted octanol–water partition coefficient (Wildman–Crippen LogP) is 1.22. The minimum atomic E-state index is -0.138. The van der Waals surface area contributed by atoms with Gasteiger partial charge in [0, 0.05) is 20.1 Å². The van der Waals surface area contributed by atoms with Gasteiger partial charge in [-0.3, -0.25) is 4.79 Å². The summed E-state index contributed by atoms with van der Waals surface area (Å²) in [5.74, 6) is -0.168. The summed E-state index contributed by atoms with van der Waals surface area (Å²) in [6.45, 7) is 4.74. The van der Waals surface area contributed by atoms with Gasteiger partial charge in [-0.2, -0.15) is 0 Å². The zero-order chi connectivity index (χ0) is 8.69. The van der Waals surface area contributed by atoms with E-state index >= 15 is 0 Å². The smallest absolute Gasteiger partial charge is 0.308 e. The summed E-state index contributed by atoms with van der Waals surface area (Å²) in [6.07, 6.45) is 0.773. The SMILES string of the molecule is COCCCOC(=O)C(C)C. The molecule has 0 fully saturated rings. The highest BCUT2D eigenvalue weighted by Gasteiger charge is 2.06. The van der Waals surface area contributed by atoms with Crippen molar-refractivity contribution in [3.05, 3.63) is 0 Å². The second-order valence-corrected chi connectivity index (χ2v) is 2.67. The molecule has 0 saturated heterocycles. The monoisotopic (exact) mass is 160 g/mol. The van der Waals surface area contributed by atoms with Gasteiger partial charge in [-0.05, 0) is 0 Å². The van der Waals surface area contributed by atoms with Crippen LogP contribution in [0.3, 0.4) is 0 Å². The van der Waals surface area contributed by atoms with Crippen molar-refractivity contribution in [3.8, 4) is 0 Å². The molecule has 0 aliphatic heterocycles. The first-order chi connectivity index (χ1) is 5.18. The standard InChI is InChI=1S/C8H16O3/c1-7(2)8(9)11-6-4-5-10-3/h7H,4-6H2,1-3H3. The van der Waals surface area contributed by atoms with E-state index in [1.165, 1.54) is 0 Å². The van der Waals surface area contributed by atoms with Crippen LogP contribution >= 0.6 is 0 Å². The van der Waals surface area contributed by atoms with Gasteiger partial charge < -0.3 is 9.47 Å². The largest absolute Gasteiger partial charge is 0.465 e. The number of ether oxygens (including phenoxy) is 2. The second-order valence-electron chi connectivity index (χ2n) is 2.67. The lowest BCUT2D eigenvalue weighted by Crippen LogP contribution is -2.13. The highest BCUT2D eigenvalue weighted by Crippen LogP contribution is 1.96. The Morgan fingerprint density at radius 3 is 2.45 bits per heavy atom. The van der Waals surface area contributed by atoms with E-state index in [4.69, 9.17) is 9.47 Å². The van der Waals surface area contributed by atoms with Crippen LogP contribution in [0.1, 0.15) is 20.3 Å². The van der Waals surface area contributed by atoms with Crippen LogP contribution in [0.15, 0.2) is 0 Å². The molecule has 0 rings (SSSR count). The third-order valence-electron chi connectivity index (χ3n) is 1.21. The molecule has 0 aliphatic carbocycles. The van der Waals surface area contributed by atoms with Crippen molar-refractivity contribution in [1.29, 1.82) is 0 Å². The molecule has 0 unspecified atom stereocenters. The number of methoxy groups -OCH3 is 1. The topological polar surface area (TPSA) is 35.5 Å². The number of hydrogen-bond donors (Lipinski definition) is 0. The van der Waals surface area contributed by atoms with Gasteiger partial charge in [0.1, 0.15) is 0 Å². The molecule has 0 aliphatic rings. The van der Waals surface area contributed by atoms with Gasteiger partial charge in [0.25, 0.3) is 0 Å². The van der Waals surface area contributed by atoms with Crippen molar-refractivity contribution in [2.75, 3.05) is 20.3 Å². The van der Waals surface area contributed by atoms with E-state index in [0.717, 1.165) is 6.42 Å². The summed E-state index contributed by atoms with van der Waals surface area (Å²) < 4.78 is 9.68. The quantitative estimate of drug-likeness (QED) is 0.448. The van der Waals surface area contributed by atoms with Crippen LogP contribution in [0.4, 0.5) is 0 Å². The van der Waals surface area contributed by atoms with Crippen LogP contribution < -0.4 is 0 Å². The van der Waals surface area contributed by atoms with E-state index < -0.39 is 0 Å². The first-order valence-electron chi connectivity index (χ1n) is 3.84. The minimum absolute atomic E-state index is 0.0301. The molecule has 0 saturated carbocycles. The van der Waals surface area contributed by atoms with Crippen LogP contribution in [0.25, 0.3) is 0 Å². The Kier molecular flexibility index (Phi) is 5.84. The number of carbonyl (C=O) groups excluding carboxylic acids is 1. The second kappa shape index (κ2) is 6.16. The Bertz CT molecular complexity index is 110. The van der Waals surface area contributed by atoms with E-state index in [1.54, 1.807) is 7.11 Å². The first kappa shape index (κ1) is 10.4. The van der Waals surface area contributed by atoms with Gasteiger partial charge in [-0.25, -0.2) is 0 Å². The molecule has 3 heteroatoms. The molecule has 0 aromatic rings. The van der Waals surface area contributed by atoms with E-state index in [-0.39, 0.29) is 11.9 Å². The Balaban J connectivity index is 3.18. The van der Waals surface area contributed by atoms with Gasteiger partial charge in [-0.1, -0.05) is 13.8 Å². The van der Waals surface area contributed by atoms with Crippen LogP contribution in [0.5, 0.6) is 0 Å². The molecule has 0 radical (unpaired) electrons. The summed E-state index contributed by atoms with van der Waals surface area (Å²) in [5.41, 5.74) is 0. The van der Waals surface area contributed by atoms with E-state index in [2.05, 4.69) is 0 Å². The molecule has 0 N–H and O–H groups in total. The van der Waals surface area contributed by atoms with Crippen LogP contribution in [0.2, 0.25) is 0 Å². The molecular formula is C8H16O3. The maximum Gasteiger partial charge on any atom is 0.308 e. The number of hydrogen-bond acceptors (Lipinski definition) is 3. The van der Waals surface area contributed by atoms with Gasteiger partial charge >= 0.3 is 5.97 Å². The lowest BCUT2D eigenvalue weighted by molar-refractivity contribution is -0.147. The van der Waals surface area contributed by atoms with E-state index in [1.807, 2.05) is 13.8 Å². The molecule has 0 amide bonds. The number of esters is 1. The first-order valence-corrected chi connectivity index (χ1v) is 3.84. The predicted molar refractivity (Wildman–Crippen MR) is 42.3 cm³/mol. The highest BCUT2D eigenvalue weighted by molar-refractivity contribution is 5.71. The Labute approximate surface area is 67.7 Å². The fraction of sp³-hybridized carbons (Fsp3) is 0.875. The lowest BCUT2D eigenvalue weighted by atomic mass is 10.2. The third kappa shape index (κ3) is 5.85. The van der Waals surface area contributed by atoms with Gasteiger partial charge in [-0.15, -0.1) is 0 Å². The number of carbonyl (C=O) groups is 1. The molecule has 0 aromatic heterocycles. The zero-order valence-corrected chi connectivity index (χ0v) is 7.42. The molecular weight excluding hydrogens is 144 g/mol. The van der Waals surface area contributed by atoms with Crippen molar-refractivity contribution in [3.63, 3.8) is 0 Å². The van der Waals surface area contributed by atoms with Crippen molar-refractivity contribution < 1.29 is 14.3 Å². The van der Waals surface area contributed by atoms with E-state index in [9.17, 15) is 4.79 Å². The lowest BCUT2D eigenvalue weighted by Gasteiger charge is -2.05.